The maximum absolute atomic E-state index is 11.5. The van der Waals surface area contributed by atoms with Crippen molar-refractivity contribution in [3.05, 3.63) is 0 Å². The van der Waals surface area contributed by atoms with Crippen molar-refractivity contribution < 1.29 is 4.79 Å². The second-order valence-corrected chi connectivity index (χ2v) is 5.26. The van der Waals surface area contributed by atoms with Gasteiger partial charge in [0.1, 0.15) is 0 Å². The van der Waals surface area contributed by atoms with Gasteiger partial charge in [-0.1, -0.05) is 19.3 Å². The predicted octanol–water partition coefficient (Wildman–Crippen LogP) is 1.84. The van der Waals surface area contributed by atoms with E-state index in [4.69, 9.17) is 5.73 Å². The molecule has 0 radical (unpaired) electrons. The molecule has 2 saturated carbocycles. The van der Waals surface area contributed by atoms with Crippen LogP contribution in [0.5, 0.6) is 0 Å². The van der Waals surface area contributed by atoms with Crippen molar-refractivity contribution in [2.24, 2.45) is 17.6 Å². The Morgan fingerprint density at radius 3 is 2.62 bits per heavy atom. The maximum Gasteiger partial charge on any atom is 0.236 e. The van der Waals surface area contributed by atoms with Gasteiger partial charge in [0.2, 0.25) is 5.91 Å². The van der Waals surface area contributed by atoms with Gasteiger partial charge >= 0.3 is 0 Å². The van der Waals surface area contributed by atoms with Crippen molar-refractivity contribution in [2.45, 2.75) is 57.5 Å². The minimum atomic E-state index is -0.369. The normalized spacial score (nSPS) is 34.8. The third kappa shape index (κ3) is 3.11. The molecule has 1 amide bonds. The standard InChI is InChI=1S/C12H22N2O.ClH/c1-8(13)12(15)14-11-6-5-9-3-2-4-10(9)7-11;/h8-11H,2-7,13H2,1H3,(H,14,15);1H/t8-,9?,10?,11?;/m1./s1. The van der Waals surface area contributed by atoms with E-state index in [1.54, 1.807) is 6.92 Å². The summed E-state index contributed by atoms with van der Waals surface area (Å²) < 4.78 is 0. The average Bonchev–Trinajstić information content (AvgIpc) is 2.64. The van der Waals surface area contributed by atoms with Crippen LogP contribution in [-0.2, 0) is 4.79 Å². The van der Waals surface area contributed by atoms with Crippen LogP contribution in [0.1, 0.15) is 45.4 Å². The Morgan fingerprint density at radius 1 is 1.25 bits per heavy atom. The molecule has 2 aliphatic rings. The molecule has 0 saturated heterocycles. The first kappa shape index (κ1) is 13.8. The number of fused-ring (bicyclic) bond motifs is 1. The third-order valence-electron chi connectivity index (χ3n) is 4.05. The number of hydrogen-bond acceptors (Lipinski definition) is 2. The Kier molecular flexibility index (Phi) is 5.06. The minimum absolute atomic E-state index is 0. The topological polar surface area (TPSA) is 55.1 Å². The summed E-state index contributed by atoms with van der Waals surface area (Å²) in [5.74, 6) is 1.84. The van der Waals surface area contributed by atoms with Crippen molar-refractivity contribution in [2.75, 3.05) is 0 Å². The van der Waals surface area contributed by atoms with E-state index in [-0.39, 0.29) is 24.4 Å². The number of nitrogens with two attached hydrogens (primary N) is 1. The van der Waals surface area contributed by atoms with Crippen molar-refractivity contribution in [1.82, 2.24) is 5.32 Å². The summed E-state index contributed by atoms with van der Waals surface area (Å²) in [5.41, 5.74) is 5.55. The quantitative estimate of drug-likeness (QED) is 0.781. The molecule has 4 atom stereocenters. The molecule has 0 bridgehead atoms. The number of carbonyl (C=O) groups is 1. The van der Waals surface area contributed by atoms with Gasteiger partial charge in [0.15, 0.2) is 0 Å². The van der Waals surface area contributed by atoms with Crippen LogP contribution < -0.4 is 11.1 Å². The zero-order valence-corrected chi connectivity index (χ0v) is 10.8. The highest BCUT2D eigenvalue weighted by atomic mass is 35.5. The first-order chi connectivity index (χ1) is 7.16. The first-order valence-corrected chi connectivity index (χ1v) is 6.22. The fraction of sp³-hybridized carbons (Fsp3) is 0.917. The van der Waals surface area contributed by atoms with Crippen LogP contribution in [-0.4, -0.2) is 18.0 Å². The molecule has 2 aliphatic carbocycles. The zero-order valence-electron chi connectivity index (χ0n) is 9.95. The summed E-state index contributed by atoms with van der Waals surface area (Å²) in [6.45, 7) is 1.75. The van der Waals surface area contributed by atoms with Gasteiger partial charge < -0.3 is 11.1 Å². The van der Waals surface area contributed by atoms with E-state index in [0.717, 1.165) is 18.3 Å². The van der Waals surface area contributed by atoms with Crippen LogP contribution in [0.25, 0.3) is 0 Å². The summed E-state index contributed by atoms with van der Waals surface area (Å²) in [5, 5.41) is 3.07. The van der Waals surface area contributed by atoms with E-state index in [0.29, 0.717) is 6.04 Å². The molecule has 0 heterocycles. The number of rotatable bonds is 2. The Hall–Kier alpha value is -0.280. The lowest BCUT2D eigenvalue weighted by Crippen LogP contribution is -2.46. The number of nitrogens with one attached hydrogen (secondary N) is 1. The number of hydrogen-bond donors (Lipinski definition) is 2. The SMILES string of the molecule is C[C@@H](N)C(=O)NC1CCC2CCCC2C1.Cl. The minimum Gasteiger partial charge on any atom is -0.352 e. The Morgan fingerprint density at radius 2 is 1.94 bits per heavy atom. The van der Waals surface area contributed by atoms with Crippen LogP contribution in [0.4, 0.5) is 0 Å². The van der Waals surface area contributed by atoms with Gasteiger partial charge in [-0.2, -0.15) is 0 Å². The highest BCUT2D eigenvalue weighted by molar-refractivity contribution is 5.85. The van der Waals surface area contributed by atoms with Crippen LogP contribution in [0, 0.1) is 11.8 Å². The van der Waals surface area contributed by atoms with Gasteiger partial charge in [0.05, 0.1) is 6.04 Å². The predicted molar refractivity (Wildman–Crippen MR) is 67.5 cm³/mol. The van der Waals surface area contributed by atoms with E-state index >= 15 is 0 Å². The molecule has 0 aromatic rings. The van der Waals surface area contributed by atoms with Crippen molar-refractivity contribution in [3.63, 3.8) is 0 Å². The second-order valence-electron chi connectivity index (χ2n) is 5.26. The lowest BCUT2D eigenvalue weighted by Gasteiger charge is -2.32. The summed E-state index contributed by atoms with van der Waals surface area (Å²) >= 11 is 0. The van der Waals surface area contributed by atoms with E-state index in [1.807, 2.05) is 0 Å². The molecule has 3 N–H and O–H groups in total. The van der Waals surface area contributed by atoms with Crippen LogP contribution >= 0.6 is 12.4 Å². The van der Waals surface area contributed by atoms with Crippen LogP contribution in [0.3, 0.4) is 0 Å². The van der Waals surface area contributed by atoms with E-state index in [2.05, 4.69) is 5.32 Å². The molecule has 94 valence electrons. The lowest BCUT2D eigenvalue weighted by molar-refractivity contribution is -0.123. The molecule has 0 spiro atoms. The van der Waals surface area contributed by atoms with Crippen molar-refractivity contribution in [3.8, 4) is 0 Å². The molecule has 0 aromatic heterocycles. The molecular weight excluding hydrogens is 224 g/mol. The molecular formula is C12H23ClN2O. The van der Waals surface area contributed by atoms with E-state index in [9.17, 15) is 4.79 Å². The van der Waals surface area contributed by atoms with Gasteiger partial charge in [-0.25, -0.2) is 0 Å². The van der Waals surface area contributed by atoms with Gasteiger partial charge in [-0.05, 0) is 38.0 Å². The van der Waals surface area contributed by atoms with Crippen LogP contribution in [0.15, 0.2) is 0 Å². The average molecular weight is 247 g/mol. The molecule has 4 heteroatoms. The third-order valence-corrected chi connectivity index (χ3v) is 4.05. The maximum atomic E-state index is 11.5. The monoisotopic (exact) mass is 246 g/mol. The van der Waals surface area contributed by atoms with Gasteiger partial charge in [0, 0.05) is 6.04 Å². The molecule has 0 aromatic carbocycles. The molecule has 3 unspecified atom stereocenters. The van der Waals surface area contributed by atoms with Crippen molar-refractivity contribution in [1.29, 1.82) is 0 Å². The Balaban J connectivity index is 0.00000128. The highest BCUT2D eigenvalue weighted by Crippen LogP contribution is 2.41. The lowest BCUT2D eigenvalue weighted by atomic mass is 9.79. The molecule has 16 heavy (non-hydrogen) atoms. The molecule has 2 fully saturated rings. The number of carbonyl (C=O) groups excluding carboxylic acids is 1. The fourth-order valence-corrected chi connectivity index (χ4v) is 3.17. The van der Waals surface area contributed by atoms with E-state index in [1.165, 1.54) is 32.1 Å². The molecule has 2 rings (SSSR count). The molecule has 3 nitrogen and oxygen atoms in total. The Labute approximate surface area is 104 Å². The van der Waals surface area contributed by atoms with Gasteiger partial charge in [-0.3, -0.25) is 4.79 Å². The highest BCUT2D eigenvalue weighted by Gasteiger charge is 2.34. The number of halogens is 1. The summed E-state index contributed by atoms with van der Waals surface area (Å²) in [6.07, 6.45) is 7.81. The largest absolute Gasteiger partial charge is 0.352 e. The van der Waals surface area contributed by atoms with Crippen molar-refractivity contribution >= 4 is 18.3 Å². The van der Waals surface area contributed by atoms with Gasteiger partial charge in [0.25, 0.3) is 0 Å². The second kappa shape index (κ2) is 5.87. The van der Waals surface area contributed by atoms with Crippen LogP contribution in [0.2, 0.25) is 0 Å². The fourth-order valence-electron chi connectivity index (χ4n) is 3.17. The summed E-state index contributed by atoms with van der Waals surface area (Å²) in [6, 6.07) is 0.0224. The number of amides is 1. The first-order valence-electron chi connectivity index (χ1n) is 6.22. The Bertz CT molecular complexity index is 245. The summed E-state index contributed by atoms with van der Waals surface area (Å²) in [4.78, 5) is 11.5. The zero-order chi connectivity index (χ0) is 10.8. The van der Waals surface area contributed by atoms with Gasteiger partial charge in [-0.15, -0.1) is 12.4 Å². The summed E-state index contributed by atoms with van der Waals surface area (Å²) in [7, 11) is 0. The molecule has 0 aliphatic heterocycles. The van der Waals surface area contributed by atoms with E-state index < -0.39 is 0 Å². The smallest absolute Gasteiger partial charge is 0.236 e.